The smallest absolute Gasteiger partial charge is 0.330 e. The Morgan fingerprint density at radius 3 is 2.79 bits per heavy atom. The van der Waals surface area contributed by atoms with Gasteiger partial charge in [-0.3, -0.25) is 4.79 Å². The van der Waals surface area contributed by atoms with Gasteiger partial charge in [-0.2, -0.15) is 0 Å². The van der Waals surface area contributed by atoms with Gasteiger partial charge in [0, 0.05) is 23.3 Å². The molecule has 0 aliphatic carbocycles. The topological polar surface area (TPSA) is 59.8 Å². The third kappa shape index (κ3) is 3.44. The van der Waals surface area contributed by atoms with Crippen LogP contribution in [0.25, 0.3) is 0 Å². The molecule has 24 heavy (non-hydrogen) atoms. The van der Waals surface area contributed by atoms with Crippen molar-refractivity contribution in [2.24, 2.45) is 0 Å². The van der Waals surface area contributed by atoms with Gasteiger partial charge >= 0.3 is 5.97 Å². The number of nitrogens with zero attached hydrogens (tertiary/aromatic N) is 1. The van der Waals surface area contributed by atoms with Gasteiger partial charge in [0.1, 0.15) is 23.8 Å². The summed E-state index contributed by atoms with van der Waals surface area (Å²) in [5.41, 5.74) is 0.732. The first-order valence-corrected chi connectivity index (χ1v) is 8.84. The first kappa shape index (κ1) is 16.9. The summed E-state index contributed by atoms with van der Waals surface area (Å²) in [7, 11) is 0. The predicted molar refractivity (Wildman–Crippen MR) is 91.5 cm³/mol. The van der Waals surface area contributed by atoms with E-state index in [1.807, 2.05) is 12.1 Å². The second-order valence-corrected chi connectivity index (χ2v) is 6.86. The van der Waals surface area contributed by atoms with Gasteiger partial charge in [-0.05, 0) is 18.2 Å². The molecule has 0 radical (unpaired) electrons. The molecule has 1 amide bonds. The van der Waals surface area contributed by atoms with Crippen LogP contribution >= 0.6 is 23.4 Å². The Bertz CT molecular complexity index is 734. The summed E-state index contributed by atoms with van der Waals surface area (Å²) in [5.74, 6) is 0.483. The zero-order chi connectivity index (χ0) is 17.1. The maximum atomic E-state index is 12.5. The van der Waals surface area contributed by atoms with E-state index in [1.165, 1.54) is 23.6 Å². The summed E-state index contributed by atoms with van der Waals surface area (Å²) < 4.78 is 10.8. The predicted octanol–water partition coefficient (Wildman–Crippen LogP) is 3.64. The van der Waals surface area contributed by atoms with E-state index in [-0.39, 0.29) is 17.9 Å². The number of esters is 1. The van der Waals surface area contributed by atoms with E-state index in [0.717, 1.165) is 5.56 Å². The molecule has 2 heterocycles. The Hall–Kier alpha value is -1.92. The van der Waals surface area contributed by atoms with Crippen molar-refractivity contribution in [3.05, 3.63) is 59.0 Å². The van der Waals surface area contributed by atoms with Crippen molar-refractivity contribution in [3.63, 3.8) is 0 Å². The Balaban J connectivity index is 1.70. The number of ether oxygens (including phenoxy) is 1. The molecule has 0 spiro atoms. The number of amides is 1. The van der Waals surface area contributed by atoms with Crippen LogP contribution in [0, 0.1) is 0 Å². The molecule has 126 valence electrons. The molecule has 0 saturated carbocycles. The molecule has 1 aliphatic rings. The fraction of sp³-hybridized carbons (Fsp3) is 0.294. The Kier molecular flexibility index (Phi) is 5.16. The third-order valence-electron chi connectivity index (χ3n) is 3.75. The van der Waals surface area contributed by atoms with Crippen LogP contribution in [0.4, 0.5) is 0 Å². The Labute approximate surface area is 148 Å². The first-order valence-electron chi connectivity index (χ1n) is 7.42. The van der Waals surface area contributed by atoms with Crippen LogP contribution in [0.15, 0.2) is 47.1 Å². The molecular weight excluding hydrogens is 350 g/mol. The molecule has 5 nitrogen and oxygen atoms in total. The number of hydrogen-bond donors (Lipinski definition) is 0. The summed E-state index contributed by atoms with van der Waals surface area (Å²) in [4.78, 5) is 26.0. The van der Waals surface area contributed by atoms with Gasteiger partial charge in [0.25, 0.3) is 0 Å². The van der Waals surface area contributed by atoms with Crippen LogP contribution in [-0.4, -0.2) is 28.6 Å². The minimum Gasteiger partial charge on any atom is -0.466 e. The van der Waals surface area contributed by atoms with Crippen LogP contribution in [0.1, 0.15) is 23.6 Å². The molecule has 7 heteroatoms. The molecule has 1 saturated heterocycles. The lowest BCUT2D eigenvalue weighted by Crippen LogP contribution is -2.42. The Morgan fingerprint density at radius 1 is 1.33 bits per heavy atom. The summed E-state index contributed by atoms with van der Waals surface area (Å²) in [6, 6.07) is 10.1. The van der Waals surface area contributed by atoms with Crippen molar-refractivity contribution in [2.45, 2.75) is 24.9 Å². The van der Waals surface area contributed by atoms with Crippen molar-refractivity contribution in [1.82, 2.24) is 4.90 Å². The van der Waals surface area contributed by atoms with Gasteiger partial charge in [0.05, 0.1) is 6.26 Å². The van der Waals surface area contributed by atoms with Gasteiger partial charge in [-0.15, -0.1) is 11.8 Å². The maximum Gasteiger partial charge on any atom is 0.330 e. The monoisotopic (exact) mass is 365 g/mol. The molecule has 1 aromatic carbocycles. The average Bonchev–Trinajstić information content (AvgIpc) is 3.22. The summed E-state index contributed by atoms with van der Waals surface area (Å²) >= 11 is 7.55. The van der Waals surface area contributed by atoms with Gasteiger partial charge in [-0.1, -0.05) is 29.8 Å². The first-order chi connectivity index (χ1) is 11.6. The number of furan rings is 1. The SMILES string of the molecule is CC(=O)N1[C@@H](C(=O)OCc2ccccc2Cl)CS[C@H]1c1ccco1. The number of thioether (sulfide) groups is 1. The number of carbonyl (C=O) groups is 2. The zero-order valence-electron chi connectivity index (χ0n) is 13.0. The summed E-state index contributed by atoms with van der Waals surface area (Å²) in [6.07, 6.45) is 1.55. The fourth-order valence-corrected chi connectivity index (χ4v) is 4.19. The number of hydrogen-bond acceptors (Lipinski definition) is 5. The minimum atomic E-state index is -0.634. The largest absolute Gasteiger partial charge is 0.466 e. The lowest BCUT2D eigenvalue weighted by molar-refractivity contribution is -0.154. The van der Waals surface area contributed by atoms with Crippen LogP contribution in [-0.2, 0) is 20.9 Å². The molecule has 0 bridgehead atoms. The molecule has 0 unspecified atom stereocenters. The van der Waals surface area contributed by atoms with Crippen molar-refractivity contribution >= 4 is 35.2 Å². The van der Waals surface area contributed by atoms with Crippen molar-refractivity contribution in [3.8, 4) is 0 Å². The second kappa shape index (κ2) is 7.32. The standard InChI is InChI=1S/C17H16ClNO4S/c1-11(20)19-14(10-24-16(19)15-7-4-8-22-15)17(21)23-9-12-5-2-3-6-13(12)18/h2-8,14,16H,9-10H2,1H3/t14-,16+/m1/s1. The highest BCUT2D eigenvalue weighted by Crippen LogP contribution is 2.41. The van der Waals surface area contributed by atoms with E-state index < -0.39 is 12.0 Å². The van der Waals surface area contributed by atoms with Gasteiger partial charge < -0.3 is 14.1 Å². The van der Waals surface area contributed by atoms with E-state index in [2.05, 4.69) is 0 Å². The maximum absolute atomic E-state index is 12.5. The highest BCUT2D eigenvalue weighted by molar-refractivity contribution is 7.99. The molecule has 2 atom stereocenters. The second-order valence-electron chi connectivity index (χ2n) is 5.34. The third-order valence-corrected chi connectivity index (χ3v) is 5.40. The fourth-order valence-electron chi connectivity index (χ4n) is 2.58. The number of rotatable bonds is 4. The van der Waals surface area contributed by atoms with E-state index >= 15 is 0 Å². The van der Waals surface area contributed by atoms with Crippen molar-refractivity contribution < 1.29 is 18.7 Å². The van der Waals surface area contributed by atoms with Gasteiger partial charge in [-0.25, -0.2) is 4.79 Å². The quantitative estimate of drug-likeness (QED) is 0.774. The normalized spacial score (nSPS) is 20.2. The minimum absolute atomic E-state index is 0.0802. The average molecular weight is 366 g/mol. The van der Waals surface area contributed by atoms with Gasteiger partial charge in [0.15, 0.2) is 0 Å². The molecule has 1 aliphatic heterocycles. The van der Waals surface area contributed by atoms with Crippen LogP contribution < -0.4 is 0 Å². The van der Waals surface area contributed by atoms with E-state index in [4.69, 9.17) is 20.8 Å². The summed E-state index contributed by atoms with van der Waals surface area (Å²) in [6.45, 7) is 1.52. The number of halogens is 1. The van der Waals surface area contributed by atoms with Crippen molar-refractivity contribution in [2.75, 3.05) is 5.75 Å². The van der Waals surface area contributed by atoms with Crippen molar-refractivity contribution in [1.29, 1.82) is 0 Å². The molecular formula is C17H16ClNO4S. The lowest BCUT2D eigenvalue weighted by Gasteiger charge is -2.25. The Morgan fingerprint density at radius 2 is 2.12 bits per heavy atom. The number of benzene rings is 1. The van der Waals surface area contributed by atoms with Crippen LogP contribution in [0.2, 0.25) is 5.02 Å². The van der Waals surface area contributed by atoms with E-state index in [9.17, 15) is 9.59 Å². The summed E-state index contributed by atoms with van der Waals surface area (Å²) in [5, 5.41) is 0.235. The van der Waals surface area contributed by atoms with Gasteiger partial charge in [0.2, 0.25) is 5.91 Å². The van der Waals surface area contributed by atoms with Crippen LogP contribution in [0.3, 0.4) is 0 Å². The van der Waals surface area contributed by atoms with E-state index in [1.54, 1.807) is 30.5 Å². The van der Waals surface area contributed by atoms with Crippen LogP contribution in [0.5, 0.6) is 0 Å². The molecule has 3 rings (SSSR count). The molecule has 1 fully saturated rings. The highest BCUT2D eigenvalue weighted by atomic mass is 35.5. The molecule has 2 aromatic rings. The lowest BCUT2D eigenvalue weighted by atomic mass is 10.2. The molecule has 1 aromatic heterocycles. The number of carbonyl (C=O) groups excluding carboxylic acids is 2. The highest BCUT2D eigenvalue weighted by Gasteiger charge is 2.43. The molecule has 0 N–H and O–H groups in total. The van der Waals surface area contributed by atoms with E-state index in [0.29, 0.717) is 16.5 Å². The zero-order valence-corrected chi connectivity index (χ0v) is 14.5.